The Morgan fingerprint density at radius 3 is 3.00 bits per heavy atom. The smallest absolute Gasteiger partial charge is 0.126 e. The summed E-state index contributed by atoms with van der Waals surface area (Å²) in [4.78, 5) is 3.71. The Bertz CT molecular complexity index is 128. The molecule has 0 aliphatic heterocycles. The van der Waals surface area contributed by atoms with Gasteiger partial charge >= 0.3 is 0 Å². The number of allylic oxidation sites excluding steroid dienone is 2. The van der Waals surface area contributed by atoms with E-state index in [-0.39, 0.29) is 6.54 Å². The summed E-state index contributed by atoms with van der Waals surface area (Å²) in [7, 11) is 0. The fourth-order valence-corrected chi connectivity index (χ4v) is 0.240. The molecule has 0 rings (SSSR count). The van der Waals surface area contributed by atoms with E-state index in [1.54, 1.807) is 12.3 Å². The van der Waals surface area contributed by atoms with Crippen molar-refractivity contribution in [2.24, 2.45) is 4.99 Å². The third kappa shape index (κ3) is 4.90. The molecular formula is C6H8N2. The minimum Gasteiger partial charge on any atom is -0.278 e. The van der Waals surface area contributed by atoms with Crippen LogP contribution in [0.5, 0.6) is 0 Å². The van der Waals surface area contributed by atoms with Crippen LogP contribution in [-0.2, 0) is 0 Å². The molecule has 0 saturated heterocycles. The first-order valence-corrected chi connectivity index (χ1v) is 2.40. The van der Waals surface area contributed by atoms with Crippen molar-refractivity contribution < 1.29 is 0 Å². The molecule has 0 unspecified atom stereocenters. The summed E-state index contributed by atoms with van der Waals surface area (Å²) in [5, 5.41) is 7.98. The maximum Gasteiger partial charge on any atom is 0.126 e. The molecule has 0 radical (unpaired) electrons. The van der Waals surface area contributed by atoms with E-state index in [0.717, 1.165) is 0 Å². The van der Waals surface area contributed by atoms with Crippen LogP contribution in [0.3, 0.4) is 0 Å². The van der Waals surface area contributed by atoms with Crippen LogP contribution in [0.25, 0.3) is 0 Å². The van der Waals surface area contributed by atoms with Crippen molar-refractivity contribution in [3.63, 3.8) is 0 Å². The highest BCUT2D eigenvalue weighted by molar-refractivity contribution is 5.70. The van der Waals surface area contributed by atoms with Crippen LogP contribution in [0, 0.1) is 11.3 Å². The van der Waals surface area contributed by atoms with Crippen molar-refractivity contribution in [1.29, 1.82) is 5.26 Å². The van der Waals surface area contributed by atoms with Crippen molar-refractivity contribution >= 4 is 6.21 Å². The maximum absolute atomic E-state index is 7.98. The van der Waals surface area contributed by atoms with Gasteiger partial charge in [0.1, 0.15) is 6.54 Å². The molecule has 0 heterocycles. The molecule has 0 saturated carbocycles. The first-order chi connectivity index (χ1) is 3.91. The van der Waals surface area contributed by atoms with Crippen molar-refractivity contribution in [2.45, 2.75) is 6.92 Å². The zero-order valence-corrected chi connectivity index (χ0v) is 4.83. The second kappa shape index (κ2) is 5.90. The Labute approximate surface area is 49.2 Å². The van der Waals surface area contributed by atoms with Gasteiger partial charge in [0.25, 0.3) is 0 Å². The van der Waals surface area contributed by atoms with Gasteiger partial charge in [0.05, 0.1) is 6.07 Å². The van der Waals surface area contributed by atoms with Crippen LogP contribution in [0.4, 0.5) is 0 Å². The van der Waals surface area contributed by atoms with Crippen LogP contribution >= 0.6 is 0 Å². The second-order valence-electron chi connectivity index (χ2n) is 1.17. The Morgan fingerprint density at radius 2 is 2.50 bits per heavy atom. The van der Waals surface area contributed by atoms with Gasteiger partial charge in [0.15, 0.2) is 0 Å². The molecule has 0 atom stereocenters. The van der Waals surface area contributed by atoms with Crippen LogP contribution in [0.1, 0.15) is 6.92 Å². The Hall–Kier alpha value is -1.10. The highest BCUT2D eigenvalue weighted by atomic mass is 14.7. The minimum absolute atomic E-state index is 0.254. The van der Waals surface area contributed by atoms with Crippen molar-refractivity contribution in [3.05, 3.63) is 12.2 Å². The van der Waals surface area contributed by atoms with Gasteiger partial charge in [-0.05, 0) is 13.0 Å². The number of hydrogen-bond donors (Lipinski definition) is 0. The van der Waals surface area contributed by atoms with Gasteiger partial charge in [-0.3, -0.25) is 4.99 Å². The lowest BCUT2D eigenvalue weighted by Gasteiger charge is -1.70. The van der Waals surface area contributed by atoms with Crippen molar-refractivity contribution in [3.8, 4) is 6.07 Å². The molecule has 0 aliphatic rings. The van der Waals surface area contributed by atoms with E-state index in [2.05, 4.69) is 4.99 Å². The third-order valence-corrected chi connectivity index (χ3v) is 0.546. The third-order valence-electron chi connectivity index (χ3n) is 0.546. The van der Waals surface area contributed by atoms with Gasteiger partial charge in [-0.15, -0.1) is 0 Å². The molecule has 42 valence electrons. The molecule has 0 aromatic carbocycles. The summed E-state index contributed by atoms with van der Waals surface area (Å²) in [6.07, 6.45) is 5.27. The summed E-state index contributed by atoms with van der Waals surface area (Å²) in [5.41, 5.74) is 0. The fraction of sp³-hybridized carbons (Fsp3) is 0.333. The largest absolute Gasteiger partial charge is 0.278 e. The van der Waals surface area contributed by atoms with E-state index in [9.17, 15) is 0 Å². The highest BCUT2D eigenvalue weighted by Crippen LogP contribution is 1.66. The van der Waals surface area contributed by atoms with E-state index in [1.807, 2.05) is 19.1 Å². The zero-order chi connectivity index (χ0) is 6.24. The Morgan fingerprint density at radius 1 is 1.75 bits per heavy atom. The SMILES string of the molecule is C/C=C/C=NCC#N. The van der Waals surface area contributed by atoms with Crippen LogP contribution in [0.15, 0.2) is 17.1 Å². The average Bonchev–Trinajstić information content (AvgIpc) is 1.81. The molecule has 0 spiro atoms. The lowest BCUT2D eigenvalue weighted by molar-refractivity contribution is 1.25. The highest BCUT2D eigenvalue weighted by Gasteiger charge is 1.64. The van der Waals surface area contributed by atoms with Gasteiger partial charge in [-0.1, -0.05) is 6.08 Å². The average molecular weight is 108 g/mol. The summed E-state index contributed by atoms with van der Waals surface area (Å²) in [6.45, 7) is 2.16. The standard InChI is InChI=1S/C6H8N2/c1-2-3-5-8-6-4-7/h2-3,5H,6H2,1H3/b3-2+,8-5?. The predicted molar refractivity (Wildman–Crippen MR) is 33.8 cm³/mol. The summed E-state index contributed by atoms with van der Waals surface area (Å²) >= 11 is 0. The van der Waals surface area contributed by atoms with Gasteiger partial charge < -0.3 is 0 Å². The van der Waals surface area contributed by atoms with Gasteiger partial charge in [-0.25, -0.2) is 0 Å². The monoisotopic (exact) mass is 108 g/mol. The molecule has 8 heavy (non-hydrogen) atoms. The number of hydrogen-bond acceptors (Lipinski definition) is 2. The number of nitriles is 1. The summed E-state index contributed by atoms with van der Waals surface area (Å²) < 4.78 is 0. The molecule has 2 heteroatoms. The first kappa shape index (κ1) is 6.90. The maximum atomic E-state index is 7.98. The Kier molecular flexibility index (Phi) is 5.09. The quantitative estimate of drug-likeness (QED) is 0.386. The molecule has 2 nitrogen and oxygen atoms in total. The first-order valence-electron chi connectivity index (χ1n) is 2.40. The van der Waals surface area contributed by atoms with E-state index >= 15 is 0 Å². The van der Waals surface area contributed by atoms with E-state index in [0.29, 0.717) is 0 Å². The lowest BCUT2D eigenvalue weighted by atomic mass is 10.6. The summed E-state index contributed by atoms with van der Waals surface area (Å²) in [6, 6.07) is 1.89. The van der Waals surface area contributed by atoms with Crippen LogP contribution < -0.4 is 0 Å². The number of aliphatic imine (C=N–C) groups is 1. The molecule has 0 bridgehead atoms. The van der Waals surface area contributed by atoms with Crippen LogP contribution in [0.2, 0.25) is 0 Å². The zero-order valence-electron chi connectivity index (χ0n) is 4.83. The van der Waals surface area contributed by atoms with Gasteiger partial charge in [-0.2, -0.15) is 5.26 Å². The predicted octanol–water partition coefficient (Wildman–Crippen LogP) is 1.16. The number of rotatable bonds is 2. The molecule has 0 N–H and O–H groups in total. The molecule has 0 fully saturated rings. The van der Waals surface area contributed by atoms with E-state index < -0.39 is 0 Å². The second-order valence-corrected chi connectivity index (χ2v) is 1.17. The molecule has 0 aromatic heterocycles. The van der Waals surface area contributed by atoms with Gasteiger partial charge in [0, 0.05) is 6.21 Å². The van der Waals surface area contributed by atoms with Crippen molar-refractivity contribution in [1.82, 2.24) is 0 Å². The minimum atomic E-state index is 0.254. The van der Waals surface area contributed by atoms with Crippen LogP contribution in [-0.4, -0.2) is 12.8 Å². The van der Waals surface area contributed by atoms with Gasteiger partial charge in [0.2, 0.25) is 0 Å². The lowest BCUT2D eigenvalue weighted by Crippen LogP contribution is -1.70. The molecular weight excluding hydrogens is 100 g/mol. The Balaban J connectivity index is 3.24. The summed E-state index contributed by atoms with van der Waals surface area (Å²) in [5.74, 6) is 0. The molecule has 0 amide bonds. The van der Waals surface area contributed by atoms with E-state index in [4.69, 9.17) is 5.26 Å². The van der Waals surface area contributed by atoms with E-state index in [1.165, 1.54) is 0 Å². The normalized spacial score (nSPS) is 10.5. The molecule has 0 aromatic rings. The molecule has 0 aliphatic carbocycles. The van der Waals surface area contributed by atoms with Crippen molar-refractivity contribution in [2.75, 3.05) is 6.54 Å². The topological polar surface area (TPSA) is 36.1 Å². The number of nitrogens with zero attached hydrogens (tertiary/aromatic N) is 2. The fourth-order valence-electron chi connectivity index (χ4n) is 0.240.